The van der Waals surface area contributed by atoms with E-state index in [1.807, 2.05) is 54.3 Å². The molecule has 5 heteroatoms. The number of aryl methyl sites for hydroxylation is 2. The number of rotatable bonds is 3. The largest absolute Gasteiger partial charge is 0.324 e. The Morgan fingerprint density at radius 2 is 1.77 bits per heavy atom. The highest BCUT2D eigenvalue weighted by Gasteiger charge is 2.23. The molecule has 0 spiro atoms. The number of nitrogens with zero attached hydrogens (tertiary/aromatic N) is 3. The molecule has 3 aromatic rings. The maximum Gasteiger partial charge on any atom is 0.261 e. The molecule has 1 amide bonds. The van der Waals surface area contributed by atoms with Crippen LogP contribution in [0.4, 0.5) is 17.3 Å². The molecule has 1 N–H and O–H groups in total. The van der Waals surface area contributed by atoms with Crippen LogP contribution in [0, 0.1) is 6.92 Å². The molecule has 0 unspecified atom stereocenters. The number of fused-ring (bicyclic) bond motifs is 1. The number of hydrogen-bond acceptors (Lipinski definition) is 4. The zero-order valence-corrected chi connectivity index (χ0v) is 14.6. The number of hydrogen-bond donors (Lipinski definition) is 1. The number of amides is 1. The molecule has 0 saturated heterocycles. The summed E-state index contributed by atoms with van der Waals surface area (Å²) in [6.45, 7) is 2.74. The van der Waals surface area contributed by atoms with Gasteiger partial charge in [0, 0.05) is 30.3 Å². The average Bonchev–Trinajstić information content (AvgIpc) is 2.69. The van der Waals surface area contributed by atoms with Crippen molar-refractivity contribution in [1.29, 1.82) is 0 Å². The first-order valence-corrected chi connectivity index (χ1v) is 8.77. The molecule has 0 atom stereocenters. The highest BCUT2D eigenvalue weighted by atomic mass is 16.2. The van der Waals surface area contributed by atoms with E-state index in [9.17, 15) is 4.79 Å². The van der Waals surface area contributed by atoms with E-state index >= 15 is 0 Å². The first kappa shape index (κ1) is 16.3. The van der Waals surface area contributed by atoms with Gasteiger partial charge in [0.15, 0.2) is 0 Å². The smallest absolute Gasteiger partial charge is 0.261 e. The van der Waals surface area contributed by atoms with Crippen LogP contribution in [0.15, 0.2) is 60.9 Å². The Labute approximate surface area is 152 Å². The third-order valence-electron chi connectivity index (χ3n) is 4.65. The summed E-state index contributed by atoms with van der Waals surface area (Å²) in [5, 5.41) is 3.19. The topological polar surface area (TPSA) is 58.1 Å². The molecule has 0 fully saturated rings. The molecule has 1 aromatic heterocycles. The molecule has 1 aliphatic rings. The Balaban J connectivity index is 1.54. The van der Waals surface area contributed by atoms with Crippen LogP contribution in [0.25, 0.3) is 0 Å². The molecule has 0 saturated carbocycles. The first-order chi connectivity index (χ1) is 12.7. The lowest BCUT2D eigenvalue weighted by molar-refractivity contribution is 0.0984. The lowest BCUT2D eigenvalue weighted by Crippen LogP contribution is -2.35. The summed E-state index contributed by atoms with van der Waals surface area (Å²) in [6, 6.07) is 16.0. The van der Waals surface area contributed by atoms with Gasteiger partial charge in [-0.05, 0) is 43.0 Å². The predicted molar refractivity (Wildman–Crippen MR) is 103 cm³/mol. The standard InChI is InChI=1S/C21H20N4O/c1-15-7-2-4-10-18(15)24-21-22-13-17(14-23-21)20(26)25-12-6-9-16-8-3-5-11-19(16)25/h2-5,7-8,10-11,13-14H,6,9,12H2,1H3,(H,22,23,24). The fraction of sp³-hybridized carbons (Fsp3) is 0.190. The summed E-state index contributed by atoms with van der Waals surface area (Å²) < 4.78 is 0. The van der Waals surface area contributed by atoms with Gasteiger partial charge in [-0.1, -0.05) is 36.4 Å². The number of carbonyl (C=O) groups is 1. The molecule has 0 aliphatic carbocycles. The molecule has 4 rings (SSSR count). The van der Waals surface area contributed by atoms with Crippen molar-refractivity contribution in [3.63, 3.8) is 0 Å². The van der Waals surface area contributed by atoms with Crippen LogP contribution < -0.4 is 10.2 Å². The third-order valence-corrected chi connectivity index (χ3v) is 4.65. The third kappa shape index (κ3) is 3.16. The molecular formula is C21H20N4O. The van der Waals surface area contributed by atoms with E-state index < -0.39 is 0 Å². The van der Waals surface area contributed by atoms with Crippen molar-refractivity contribution in [2.75, 3.05) is 16.8 Å². The average molecular weight is 344 g/mol. The fourth-order valence-electron chi connectivity index (χ4n) is 3.24. The summed E-state index contributed by atoms with van der Waals surface area (Å²) >= 11 is 0. The van der Waals surface area contributed by atoms with Crippen molar-refractivity contribution in [2.24, 2.45) is 0 Å². The van der Waals surface area contributed by atoms with Gasteiger partial charge in [-0.25, -0.2) is 9.97 Å². The normalized spacial score (nSPS) is 13.2. The van der Waals surface area contributed by atoms with Gasteiger partial charge in [0.1, 0.15) is 0 Å². The van der Waals surface area contributed by atoms with E-state index in [-0.39, 0.29) is 5.91 Å². The minimum absolute atomic E-state index is 0.0559. The molecule has 2 heterocycles. The first-order valence-electron chi connectivity index (χ1n) is 8.77. The van der Waals surface area contributed by atoms with Crippen molar-refractivity contribution in [3.05, 3.63) is 77.6 Å². The molecule has 2 aromatic carbocycles. The van der Waals surface area contributed by atoms with Gasteiger partial charge in [0.25, 0.3) is 5.91 Å². The SMILES string of the molecule is Cc1ccccc1Nc1ncc(C(=O)N2CCCc3ccccc32)cn1. The molecular weight excluding hydrogens is 324 g/mol. The lowest BCUT2D eigenvalue weighted by Gasteiger charge is -2.29. The van der Waals surface area contributed by atoms with Crippen LogP contribution >= 0.6 is 0 Å². The van der Waals surface area contributed by atoms with Crippen molar-refractivity contribution in [1.82, 2.24) is 9.97 Å². The van der Waals surface area contributed by atoms with E-state index in [0.717, 1.165) is 36.3 Å². The number of benzene rings is 2. The summed E-state index contributed by atoms with van der Waals surface area (Å²) in [4.78, 5) is 23.4. The van der Waals surface area contributed by atoms with Gasteiger partial charge < -0.3 is 10.2 Å². The second-order valence-corrected chi connectivity index (χ2v) is 6.42. The quantitative estimate of drug-likeness (QED) is 0.776. The Morgan fingerprint density at radius 1 is 1.04 bits per heavy atom. The minimum atomic E-state index is -0.0559. The van der Waals surface area contributed by atoms with Gasteiger partial charge >= 0.3 is 0 Å². The Hall–Kier alpha value is -3.21. The Bertz CT molecular complexity index is 937. The second-order valence-electron chi connectivity index (χ2n) is 6.42. The van der Waals surface area contributed by atoms with Crippen molar-refractivity contribution in [2.45, 2.75) is 19.8 Å². The predicted octanol–water partition coefficient (Wildman–Crippen LogP) is 4.12. The van der Waals surface area contributed by atoms with E-state index in [1.54, 1.807) is 12.4 Å². The van der Waals surface area contributed by atoms with Crippen molar-refractivity contribution >= 4 is 23.2 Å². The van der Waals surface area contributed by atoms with Crippen LogP contribution in [0.5, 0.6) is 0 Å². The van der Waals surface area contributed by atoms with Gasteiger partial charge in [0.2, 0.25) is 5.95 Å². The zero-order valence-electron chi connectivity index (χ0n) is 14.6. The fourth-order valence-corrected chi connectivity index (χ4v) is 3.24. The van der Waals surface area contributed by atoms with Crippen LogP contribution in [0.1, 0.15) is 27.9 Å². The summed E-state index contributed by atoms with van der Waals surface area (Å²) in [5.41, 5.74) is 4.77. The summed E-state index contributed by atoms with van der Waals surface area (Å²) in [6.07, 6.45) is 5.16. The number of anilines is 3. The molecule has 130 valence electrons. The van der Waals surface area contributed by atoms with E-state index in [4.69, 9.17) is 0 Å². The van der Waals surface area contributed by atoms with Crippen LogP contribution in [-0.2, 0) is 6.42 Å². The van der Waals surface area contributed by atoms with Gasteiger partial charge in [-0.3, -0.25) is 4.79 Å². The van der Waals surface area contributed by atoms with Crippen LogP contribution in [0.3, 0.4) is 0 Å². The molecule has 1 aliphatic heterocycles. The maximum atomic E-state index is 12.9. The van der Waals surface area contributed by atoms with E-state index in [1.165, 1.54) is 5.56 Å². The van der Waals surface area contributed by atoms with E-state index in [0.29, 0.717) is 11.5 Å². The maximum absolute atomic E-state index is 12.9. The number of carbonyl (C=O) groups excluding carboxylic acids is 1. The number of aromatic nitrogens is 2. The minimum Gasteiger partial charge on any atom is -0.324 e. The van der Waals surface area contributed by atoms with Crippen molar-refractivity contribution in [3.8, 4) is 0 Å². The summed E-state index contributed by atoms with van der Waals surface area (Å²) in [5.74, 6) is 0.425. The van der Waals surface area contributed by atoms with Crippen molar-refractivity contribution < 1.29 is 4.79 Å². The number of nitrogens with one attached hydrogen (secondary N) is 1. The Morgan fingerprint density at radius 3 is 2.58 bits per heavy atom. The molecule has 0 bridgehead atoms. The van der Waals surface area contributed by atoms with Gasteiger partial charge in [-0.15, -0.1) is 0 Å². The highest BCUT2D eigenvalue weighted by molar-refractivity contribution is 6.06. The number of para-hydroxylation sites is 2. The second kappa shape index (κ2) is 6.96. The zero-order chi connectivity index (χ0) is 17.9. The molecule has 26 heavy (non-hydrogen) atoms. The Kier molecular flexibility index (Phi) is 4.35. The molecule has 5 nitrogen and oxygen atoms in total. The van der Waals surface area contributed by atoms with Crippen LogP contribution in [0.2, 0.25) is 0 Å². The molecule has 0 radical (unpaired) electrons. The monoisotopic (exact) mass is 344 g/mol. The van der Waals surface area contributed by atoms with E-state index in [2.05, 4.69) is 21.4 Å². The summed E-state index contributed by atoms with van der Waals surface area (Å²) in [7, 11) is 0. The van der Waals surface area contributed by atoms with Crippen LogP contribution in [-0.4, -0.2) is 22.4 Å². The van der Waals surface area contributed by atoms with Gasteiger partial charge in [0.05, 0.1) is 5.56 Å². The lowest BCUT2D eigenvalue weighted by atomic mass is 10.0. The highest BCUT2D eigenvalue weighted by Crippen LogP contribution is 2.28. The van der Waals surface area contributed by atoms with Gasteiger partial charge in [-0.2, -0.15) is 0 Å².